The number of ether oxygens (including phenoxy) is 1. The molecular formula is C18H17FN2O3. The van der Waals surface area contributed by atoms with Crippen LogP contribution in [0.1, 0.15) is 22.0 Å². The summed E-state index contributed by atoms with van der Waals surface area (Å²) >= 11 is 0. The Bertz CT molecular complexity index is 761. The lowest BCUT2D eigenvalue weighted by atomic mass is 10.0. The van der Waals surface area contributed by atoms with E-state index in [0.29, 0.717) is 24.4 Å². The van der Waals surface area contributed by atoms with E-state index < -0.39 is 17.8 Å². The first-order valence-corrected chi connectivity index (χ1v) is 7.59. The molecule has 1 aliphatic rings. The number of methoxy groups -OCH3 is 1. The molecule has 124 valence electrons. The first-order chi connectivity index (χ1) is 11.6. The second-order valence-corrected chi connectivity index (χ2v) is 5.45. The van der Waals surface area contributed by atoms with Crippen molar-refractivity contribution in [3.63, 3.8) is 0 Å². The summed E-state index contributed by atoms with van der Waals surface area (Å²) in [7, 11) is 1.55. The summed E-state index contributed by atoms with van der Waals surface area (Å²) in [5.74, 6) is -0.719. The highest BCUT2D eigenvalue weighted by atomic mass is 19.1. The fourth-order valence-electron chi connectivity index (χ4n) is 2.79. The number of benzene rings is 2. The van der Waals surface area contributed by atoms with Crippen LogP contribution in [-0.4, -0.2) is 36.9 Å². The van der Waals surface area contributed by atoms with Crippen LogP contribution in [0.2, 0.25) is 0 Å². The molecule has 0 saturated carbocycles. The molecule has 0 spiro atoms. The van der Waals surface area contributed by atoms with Crippen LogP contribution in [0.4, 0.5) is 4.39 Å². The summed E-state index contributed by atoms with van der Waals surface area (Å²) in [6, 6.07) is 11.9. The van der Waals surface area contributed by atoms with E-state index in [2.05, 4.69) is 5.32 Å². The van der Waals surface area contributed by atoms with E-state index in [1.807, 2.05) is 0 Å². The van der Waals surface area contributed by atoms with Crippen LogP contribution < -0.4 is 10.1 Å². The molecular weight excluding hydrogens is 311 g/mol. The molecule has 1 atom stereocenters. The van der Waals surface area contributed by atoms with E-state index in [0.717, 1.165) is 0 Å². The number of amides is 2. The Kier molecular flexibility index (Phi) is 4.46. The number of hydrogen-bond donors (Lipinski definition) is 1. The zero-order valence-corrected chi connectivity index (χ0v) is 13.2. The van der Waals surface area contributed by atoms with Gasteiger partial charge in [-0.05, 0) is 29.8 Å². The molecule has 2 aromatic rings. The zero-order valence-electron chi connectivity index (χ0n) is 13.2. The van der Waals surface area contributed by atoms with Gasteiger partial charge in [-0.1, -0.05) is 24.3 Å². The predicted molar refractivity (Wildman–Crippen MR) is 86.2 cm³/mol. The molecule has 6 heteroatoms. The number of carbonyl (C=O) groups excluding carboxylic acids is 2. The standard InChI is InChI=1S/C18H17FN2O3/c1-24-13-8-6-12(7-9-13)16-17(22)20-10-11-21(16)18(23)14-4-2-3-5-15(14)19/h2-9,16H,10-11H2,1H3,(H,20,22). The molecule has 0 radical (unpaired) electrons. The molecule has 1 unspecified atom stereocenters. The molecule has 0 aliphatic carbocycles. The average Bonchev–Trinajstić information content (AvgIpc) is 2.61. The van der Waals surface area contributed by atoms with Crippen molar-refractivity contribution < 1.29 is 18.7 Å². The Morgan fingerprint density at radius 2 is 1.92 bits per heavy atom. The molecule has 1 fully saturated rings. The minimum Gasteiger partial charge on any atom is -0.497 e. The Labute approximate surface area is 139 Å². The van der Waals surface area contributed by atoms with Gasteiger partial charge in [-0.3, -0.25) is 9.59 Å². The summed E-state index contributed by atoms with van der Waals surface area (Å²) in [6.45, 7) is 0.654. The predicted octanol–water partition coefficient (Wildman–Crippen LogP) is 2.15. The van der Waals surface area contributed by atoms with Gasteiger partial charge in [0.2, 0.25) is 5.91 Å². The van der Waals surface area contributed by atoms with Gasteiger partial charge in [0.25, 0.3) is 5.91 Å². The van der Waals surface area contributed by atoms with Crippen molar-refractivity contribution in [3.8, 4) is 5.75 Å². The fraction of sp³-hybridized carbons (Fsp3) is 0.222. The van der Waals surface area contributed by atoms with E-state index >= 15 is 0 Å². The highest BCUT2D eigenvalue weighted by molar-refractivity contribution is 5.98. The molecule has 0 bridgehead atoms. The van der Waals surface area contributed by atoms with Crippen molar-refractivity contribution in [1.29, 1.82) is 0 Å². The van der Waals surface area contributed by atoms with Crippen molar-refractivity contribution in [2.24, 2.45) is 0 Å². The van der Waals surface area contributed by atoms with Gasteiger partial charge in [0.15, 0.2) is 0 Å². The van der Waals surface area contributed by atoms with Gasteiger partial charge < -0.3 is 15.0 Å². The summed E-state index contributed by atoms with van der Waals surface area (Å²) in [4.78, 5) is 26.5. The Morgan fingerprint density at radius 1 is 1.21 bits per heavy atom. The van der Waals surface area contributed by atoms with Crippen LogP contribution >= 0.6 is 0 Å². The Balaban J connectivity index is 1.96. The number of nitrogens with zero attached hydrogens (tertiary/aromatic N) is 1. The molecule has 0 aromatic heterocycles. The lowest BCUT2D eigenvalue weighted by Gasteiger charge is -2.35. The van der Waals surface area contributed by atoms with Gasteiger partial charge in [0.1, 0.15) is 17.6 Å². The third kappa shape index (κ3) is 2.95. The SMILES string of the molecule is COc1ccc(C2C(=O)NCCN2C(=O)c2ccccc2F)cc1. The topological polar surface area (TPSA) is 58.6 Å². The number of hydrogen-bond acceptors (Lipinski definition) is 3. The summed E-state index contributed by atoms with van der Waals surface area (Å²) in [5, 5.41) is 2.75. The van der Waals surface area contributed by atoms with E-state index in [1.54, 1.807) is 37.4 Å². The first kappa shape index (κ1) is 16.0. The second-order valence-electron chi connectivity index (χ2n) is 5.45. The lowest BCUT2D eigenvalue weighted by molar-refractivity contribution is -0.128. The molecule has 3 rings (SSSR count). The Morgan fingerprint density at radius 3 is 2.58 bits per heavy atom. The van der Waals surface area contributed by atoms with Crippen LogP contribution in [0.3, 0.4) is 0 Å². The zero-order chi connectivity index (χ0) is 17.1. The van der Waals surface area contributed by atoms with Gasteiger partial charge in [-0.15, -0.1) is 0 Å². The Hall–Kier alpha value is -2.89. The van der Waals surface area contributed by atoms with Crippen molar-refractivity contribution in [1.82, 2.24) is 10.2 Å². The van der Waals surface area contributed by atoms with Crippen molar-refractivity contribution in [3.05, 3.63) is 65.5 Å². The van der Waals surface area contributed by atoms with Crippen LogP contribution in [0.5, 0.6) is 5.75 Å². The van der Waals surface area contributed by atoms with E-state index in [9.17, 15) is 14.0 Å². The van der Waals surface area contributed by atoms with Crippen molar-refractivity contribution >= 4 is 11.8 Å². The maximum atomic E-state index is 14.0. The normalized spacial score (nSPS) is 17.3. The van der Waals surface area contributed by atoms with E-state index in [4.69, 9.17) is 4.74 Å². The maximum Gasteiger partial charge on any atom is 0.257 e. The van der Waals surface area contributed by atoms with Gasteiger partial charge in [0.05, 0.1) is 12.7 Å². The number of rotatable bonds is 3. The van der Waals surface area contributed by atoms with Gasteiger partial charge in [-0.25, -0.2) is 4.39 Å². The number of carbonyl (C=O) groups is 2. The molecule has 1 N–H and O–H groups in total. The minimum absolute atomic E-state index is 0.0364. The molecule has 5 nitrogen and oxygen atoms in total. The van der Waals surface area contributed by atoms with Crippen molar-refractivity contribution in [2.75, 3.05) is 20.2 Å². The molecule has 1 saturated heterocycles. The monoisotopic (exact) mass is 328 g/mol. The highest BCUT2D eigenvalue weighted by Crippen LogP contribution is 2.27. The smallest absolute Gasteiger partial charge is 0.257 e. The second kappa shape index (κ2) is 6.70. The highest BCUT2D eigenvalue weighted by Gasteiger charge is 2.35. The van der Waals surface area contributed by atoms with Crippen LogP contribution in [0.25, 0.3) is 0 Å². The summed E-state index contributed by atoms with van der Waals surface area (Å²) < 4.78 is 19.1. The molecule has 1 heterocycles. The third-order valence-electron chi connectivity index (χ3n) is 4.01. The van der Waals surface area contributed by atoms with Crippen LogP contribution in [0.15, 0.2) is 48.5 Å². The van der Waals surface area contributed by atoms with E-state index in [1.165, 1.54) is 23.1 Å². The lowest BCUT2D eigenvalue weighted by Crippen LogP contribution is -2.52. The van der Waals surface area contributed by atoms with Gasteiger partial charge in [-0.2, -0.15) is 0 Å². The average molecular weight is 328 g/mol. The molecule has 1 aliphatic heterocycles. The first-order valence-electron chi connectivity index (χ1n) is 7.59. The van der Waals surface area contributed by atoms with Crippen LogP contribution in [0, 0.1) is 5.82 Å². The number of piperazine rings is 1. The summed E-state index contributed by atoms with van der Waals surface area (Å²) in [5.41, 5.74) is 0.614. The molecule has 2 aromatic carbocycles. The quantitative estimate of drug-likeness (QED) is 0.939. The van der Waals surface area contributed by atoms with Gasteiger partial charge >= 0.3 is 0 Å². The van der Waals surface area contributed by atoms with E-state index in [-0.39, 0.29) is 11.5 Å². The van der Waals surface area contributed by atoms with Gasteiger partial charge in [0, 0.05) is 13.1 Å². The minimum atomic E-state index is -0.795. The summed E-state index contributed by atoms with van der Waals surface area (Å²) in [6.07, 6.45) is 0. The number of nitrogens with one attached hydrogen (secondary N) is 1. The third-order valence-corrected chi connectivity index (χ3v) is 4.01. The largest absolute Gasteiger partial charge is 0.497 e. The molecule has 24 heavy (non-hydrogen) atoms. The fourth-order valence-corrected chi connectivity index (χ4v) is 2.79. The molecule has 2 amide bonds. The van der Waals surface area contributed by atoms with Crippen molar-refractivity contribution in [2.45, 2.75) is 6.04 Å². The van der Waals surface area contributed by atoms with Crippen LogP contribution in [-0.2, 0) is 4.79 Å². The maximum absolute atomic E-state index is 14.0. The number of halogens is 1.